The van der Waals surface area contributed by atoms with E-state index in [1.54, 1.807) is 0 Å². The van der Waals surface area contributed by atoms with E-state index in [1.807, 2.05) is 12.1 Å². The Morgan fingerprint density at radius 1 is 0.711 bits per heavy atom. The second-order valence-electron chi connectivity index (χ2n) is 12.2. The molecular formula is C44H34O. The maximum atomic E-state index is 8.90. The molecule has 45 heavy (non-hydrogen) atoms. The summed E-state index contributed by atoms with van der Waals surface area (Å²) in [4.78, 5) is 0. The normalized spacial score (nSPS) is 23.4. The van der Waals surface area contributed by atoms with E-state index >= 15 is 0 Å². The second kappa shape index (κ2) is 10.8. The molecule has 1 aromatic heterocycles. The van der Waals surface area contributed by atoms with Gasteiger partial charge in [0.2, 0.25) is 0 Å². The number of para-hydroxylation sites is 1. The molecule has 0 bridgehead atoms. The van der Waals surface area contributed by atoms with Gasteiger partial charge >= 0.3 is 0 Å². The van der Waals surface area contributed by atoms with E-state index in [9.17, 15) is 0 Å². The molecule has 1 nitrogen and oxygen atoms in total. The van der Waals surface area contributed by atoms with Gasteiger partial charge in [0.25, 0.3) is 0 Å². The molecule has 0 spiro atoms. The predicted molar refractivity (Wildman–Crippen MR) is 187 cm³/mol. The fourth-order valence-corrected chi connectivity index (χ4v) is 8.04. The summed E-state index contributed by atoms with van der Waals surface area (Å²) in [5, 5.41) is 4.57. The van der Waals surface area contributed by atoms with Crippen molar-refractivity contribution in [3.63, 3.8) is 0 Å². The van der Waals surface area contributed by atoms with E-state index in [-0.39, 0.29) is 53.5 Å². The lowest BCUT2D eigenvalue weighted by atomic mass is 9.65. The van der Waals surface area contributed by atoms with Crippen LogP contribution in [-0.2, 0) is 0 Å². The van der Waals surface area contributed by atoms with Crippen molar-refractivity contribution >= 4 is 39.3 Å². The van der Waals surface area contributed by atoms with E-state index in [1.165, 1.54) is 21.9 Å². The second-order valence-corrected chi connectivity index (χ2v) is 12.2. The van der Waals surface area contributed by atoms with Gasteiger partial charge in [0.1, 0.15) is 11.0 Å². The molecule has 3 atom stereocenters. The lowest BCUT2D eigenvalue weighted by molar-refractivity contribution is 0.569. The summed E-state index contributed by atoms with van der Waals surface area (Å²) in [6.45, 7) is 0. The molecule has 9 rings (SSSR count). The van der Waals surface area contributed by atoms with Crippen LogP contribution in [0, 0.1) is 11.8 Å². The highest BCUT2D eigenvalue weighted by atomic mass is 16.3. The van der Waals surface area contributed by atoms with E-state index < -0.39 is 0 Å². The number of benzene rings is 4. The Bertz CT molecular complexity index is 2610. The molecular weight excluding hydrogens is 544 g/mol. The van der Waals surface area contributed by atoms with Crippen LogP contribution in [0.5, 0.6) is 0 Å². The molecule has 0 amide bonds. The van der Waals surface area contributed by atoms with Crippen LogP contribution in [0.2, 0.25) is 0 Å². The molecule has 4 aliphatic carbocycles. The fourth-order valence-electron chi connectivity index (χ4n) is 8.04. The van der Waals surface area contributed by atoms with Crippen LogP contribution in [-0.4, -0.2) is 0 Å². The van der Waals surface area contributed by atoms with E-state index in [0.717, 1.165) is 50.8 Å². The highest BCUT2D eigenvalue weighted by Crippen LogP contribution is 2.48. The fraction of sp³-hybridized carbons (Fsp3) is 0.136. The van der Waals surface area contributed by atoms with Gasteiger partial charge in [-0.15, -0.1) is 0 Å². The molecule has 5 aromatic rings. The van der Waals surface area contributed by atoms with Crippen molar-refractivity contribution in [3.8, 4) is 0 Å². The summed E-state index contributed by atoms with van der Waals surface area (Å²) < 4.78 is 49.5. The minimum atomic E-state index is -0.373. The largest absolute Gasteiger partial charge is 0.456 e. The van der Waals surface area contributed by atoms with Gasteiger partial charge in [-0.05, 0) is 80.8 Å². The maximum absolute atomic E-state index is 8.90. The Balaban J connectivity index is 1.45. The third-order valence-corrected chi connectivity index (χ3v) is 9.85. The van der Waals surface area contributed by atoms with Crippen molar-refractivity contribution in [2.75, 3.05) is 0 Å². The first-order valence-corrected chi connectivity index (χ1v) is 15.9. The van der Waals surface area contributed by atoms with Crippen molar-refractivity contribution in [3.05, 3.63) is 183 Å². The van der Waals surface area contributed by atoms with Crippen LogP contribution in [0.1, 0.15) is 43.2 Å². The van der Waals surface area contributed by atoms with Crippen molar-refractivity contribution in [2.45, 2.75) is 25.2 Å². The van der Waals surface area contributed by atoms with Crippen LogP contribution < -0.4 is 21.1 Å². The summed E-state index contributed by atoms with van der Waals surface area (Å²) in [7, 11) is 0. The van der Waals surface area contributed by atoms with Gasteiger partial charge in [0, 0.05) is 28.4 Å². The minimum absolute atomic E-state index is 0.00501. The molecule has 0 saturated heterocycles. The number of rotatable bonds is 4. The number of allylic oxidation sites excluding steroid dienone is 8. The first-order valence-electron chi connectivity index (χ1n) is 18.4. The Morgan fingerprint density at radius 2 is 1.42 bits per heavy atom. The molecule has 1 heterocycles. The van der Waals surface area contributed by atoms with Gasteiger partial charge in [-0.1, -0.05) is 139 Å². The number of furan rings is 1. The molecule has 0 aliphatic heterocycles. The van der Waals surface area contributed by atoms with Crippen LogP contribution in [0.4, 0.5) is 0 Å². The molecule has 0 saturated carbocycles. The highest BCUT2D eigenvalue weighted by Gasteiger charge is 2.37. The maximum Gasteiger partial charge on any atom is 0.135 e. The molecule has 0 N–H and O–H groups in total. The van der Waals surface area contributed by atoms with Crippen molar-refractivity contribution < 1.29 is 11.3 Å². The summed E-state index contributed by atoms with van der Waals surface area (Å²) in [5.41, 5.74) is 8.85. The van der Waals surface area contributed by atoms with Crippen molar-refractivity contribution in [1.82, 2.24) is 0 Å². The zero-order valence-electron chi connectivity index (χ0n) is 29.8. The average molecular weight is 584 g/mol. The summed E-state index contributed by atoms with van der Waals surface area (Å²) in [5.74, 6) is 0.0979. The zero-order chi connectivity index (χ0) is 34.1. The Kier molecular flexibility index (Phi) is 5.16. The van der Waals surface area contributed by atoms with Crippen LogP contribution in [0.3, 0.4) is 0 Å². The number of hydrogen-bond donors (Lipinski definition) is 0. The molecule has 216 valence electrons. The van der Waals surface area contributed by atoms with Gasteiger partial charge in [0.15, 0.2) is 0 Å². The Labute approximate surface area is 270 Å². The minimum Gasteiger partial charge on any atom is -0.456 e. The van der Waals surface area contributed by atoms with Crippen LogP contribution >= 0.6 is 0 Å². The lowest BCUT2D eigenvalue weighted by Crippen LogP contribution is -2.43. The Hall–Kier alpha value is -5.14. The van der Waals surface area contributed by atoms with E-state index in [0.29, 0.717) is 12.0 Å². The number of hydrogen-bond acceptors (Lipinski definition) is 1. The van der Waals surface area contributed by atoms with Gasteiger partial charge in [-0.3, -0.25) is 0 Å². The molecule has 0 fully saturated rings. The highest BCUT2D eigenvalue weighted by molar-refractivity contribution is 6.01. The first kappa shape index (κ1) is 21.5. The molecule has 3 unspecified atom stereocenters. The summed E-state index contributed by atoms with van der Waals surface area (Å²) in [6, 6.07) is 26.5. The molecule has 4 aliphatic rings. The standard InChI is InChI=1S/C44H34O/c1-3-15-29(16-4-1)31-19-7-8-20-33(31)41-34-21-9-11-23-36(34)42(37-24-12-10-22-35(37)41)44-32(30-17-5-2-6-18-30)27-28-40-43(44)38-25-13-14-26-39(38)45-40/h1-7,9-19,21-26,28,32,34,36H,8,20,27H2/i1D,3D,4D,15D,16D. The number of fused-ring (bicyclic) bond motifs is 5. The monoisotopic (exact) mass is 583 g/mol. The average Bonchev–Trinajstić information content (AvgIpc) is 3.55. The van der Waals surface area contributed by atoms with Gasteiger partial charge in [0.05, 0.1) is 6.85 Å². The van der Waals surface area contributed by atoms with Crippen LogP contribution in [0.15, 0.2) is 156 Å². The quantitative estimate of drug-likeness (QED) is 0.211. The smallest absolute Gasteiger partial charge is 0.135 e. The molecule has 4 aromatic carbocycles. The zero-order valence-corrected chi connectivity index (χ0v) is 24.8. The lowest BCUT2D eigenvalue weighted by Gasteiger charge is -2.38. The van der Waals surface area contributed by atoms with Gasteiger partial charge < -0.3 is 4.42 Å². The van der Waals surface area contributed by atoms with Crippen molar-refractivity contribution in [1.29, 1.82) is 0 Å². The molecule has 0 radical (unpaired) electrons. The third kappa shape index (κ3) is 4.22. The predicted octanol–water partition coefficient (Wildman–Crippen LogP) is 7.73. The SMILES string of the molecule is [2H]c1c([2H])c([2H])c(C2=C(C3=c4ccccc4=C(C4=c5c(oc6ccccc56)=CCC4c4ccccc4)C4C=CC=CC34)CCC=C2)c([2H])c1[2H]. The van der Waals surface area contributed by atoms with Gasteiger partial charge in [-0.2, -0.15) is 0 Å². The van der Waals surface area contributed by atoms with Crippen molar-refractivity contribution in [2.24, 2.45) is 11.8 Å². The van der Waals surface area contributed by atoms with Crippen LogP contribution in [0.25, 0.3) is 39.3 Å². The summed E-state index contributed by atoms with van der Waals surface area (Å²) in [6.07, 6.45) is 17.5. The van der Waals surface area contributed by atoms with E-state index in [4.69, 9.17) is 11.3 Å². The Morgan fingerprint density at radius 3 is 2.24 bits per heavy atom. The third-order valence-electron chi connectivity index (χ3n) is 9.85. The van der Waals surface area contributed by atoms with Gasteiger partial charge in [-0.25, -0.2) is 0 Å². The van der Waals surface area contributed by atoms with E-state index in [2.05, 4.69) is 109 Å². The first-order chi connectivity index (χ1) is 24.4. The molecule has 1 heteroatoms. The topological polar surface area (TPSA) is 13.1 Å². The summed E-state index contributed by atoms with van der Waals surface area (Å²) >= 11 is 0.